The van der Waals surface area contributed by atoms with Crippen LogP contribution in [0.5, 0.6) is 0 Å². The molecular formula is C7H8BFN2O3. The number of hydrogen-bond donors (Lipinski definition) is 3. The van der Waals surface area contributed by atoms with Crippen LogP contribution < -0.4 is 16.3 Å². The van der Waals surface area contributed by atoms with E-state index >= 15 is 0 Å². The van der Waals surface area contributed by atoms with Crippen LogP contribution in [-0.4, -0.2) is 23.2 Å². The van der Waals surface area contributed by atoms with E-state index in [1.165, 1.54) is 24.3 Å². The van der Waals surface area contributed by atoms with Gasteiger partial charge < -0.3 is 15.8 Å². The van der Waals surface area contributed by atoms with E-state index in [1.807, 2.05) is 0 Å². The van der Waals surface area contributed by atoms with Crippen LogP contribution in [0.2, 0.25) is 0 Å². The molecule has 7 heteroatoms. The third-order valence-corrected chi connectivity index (χ3v) is 1.61. The van der Waals surface area contributed by atoms with Crippen molar-refractivity contribution in [2.75, 3.05) is 5.12 Å². The molecule has 4 N–H and O–H groups in total. The smallest absolute Gasteiger partial charge is 0.423 e. The number of benzene rings is 1. The second kappa shape index (κ2) is 4.08. The average Bonchev–Trinajstić information content (AvgIpc) is 2.16. The molecule has 1 aromatic rings. The Morgan fingerprint density at radius 2 is 1.86 bits per heavy atom. The maximum Gasteiger partial charge on any atom is 0.488 e. The summed E-state index contributed by atoms with van der Waals surface area (Å²) in [5.74, 6) is 0. The Bertz CT molecular complexity index is 330. The highest BCUT2D eigenvalue weighted by atomic mass is 19.2. The number of hydrogen-bond acceptors (Lipinski definition) is 3. The largest absolute Gasteiger partial charge is 0.488 e. The van der Waals surface area contributed by atoms with Gasteiger partial charge in [0, 0.05) is 0 Å². The number of nitrogens with zero attached hydrogens (tertiary/aromatic N) is 1. The summed E-state index contributed by atoms with van der Waals surface area (Å²) in [6.07, 6.45) is 0. The third kappa shape index (κ3) is 2.21. The van der Waals surface area contributed by atoms with Gasteiger partial charge in [0.15, 0.2) is 0 Å². The predicted octanol–water partition coefficient (Wildman–Crippen LogP) is -0.864. The molecule has 0 aliphatic rings. The van der Waals surface area contributed by atoms with Crippen molar-refractivity contribution in [2.24, 2.45) is 5.73 Å². The second-order valence-corrected chi connectivity index (χ2v) is 2.58. The van der Waals surface area contributed by atoms with Crippen molar-refractivity contribution < 1.29 is 19.3 Å². The van der Waals surface area contributed by atoms with Gasteiger partial charge in [0.25, 0.3) is 0 Å². The Hall–Kier alpha value is -1.60. The van der Waals surface area contributed by atoms with Crippen LogP contribution in [0.4, 0.5) is 15.0 Å². The molecule has 0 spiro atoms. The summed E-state index contributed by atoms with van der Waals surface area (Å²) in [6, 6.07) is 3.73. The molecule has 14 heavy (non-hydrogen) atoms. The Labute approximate surface area is 79.6 Å². The predicted molar refractivity (Wildman–Crippen MR) is 49.4 cm³/mol. The minimum absolute atomic E-state index is 0.0677. The van der Waals surface area contributed by atoms with Crippen molar-refractivity contribution >= 4 is 24.3 Å². The molecular weight excluding hydrogens is 190 g/mol. The fourth-order valence-corrected chi connectivity index (χ4v) is 0.905. The van der Waals surface area contributed by atoms with Gasteiger partial charge in [0.1, 0.15) is 0 Å². The zero-order valence-electron chi connectivity index (χ0n) is 7.09. The number of halogens is 1. The van der Waals surface area contributed by atoms with Crippen LogP contribution in [0.15, 0.2) is 24.3 Å². The number of carbonyl (C=O) groups is 1. The van der Waals surface area contributed by atoms with E-state index in [1.54, 1.807) is 0 Å². The first kappa shape index (κ1) is 10.5. The Kier molecular flexibility index (Phi) is 3.05. The van der Waals surface area contributed by atoms with Gasteiger partial charge in [-0.15, -0.1) is 5.12 Å². The summed E-state index contributed by atoms with van der Waals surface area (Å²) in [7, 11) is -1.62. The number of anilines is 1. The molecule has 0 fully saturated rings. The average molecular weight is 198 g/mol. The molecule has 1 aromatic carbocycles. The summed E-state index contributed by atoms with van der Waals surface area (Å²) in [5, 5.41) is 17.2. The topological polar surface area (TPSA) is 86.8 Å². The molecule has 0 bridgehead atoms. The SMILES string of the molecule is NC(=O)N(F)c1ccc(B(O)O)cc1. The van der Waals surface area contributed by atoms with Crippen molar-refractivity contribution in [1.82, 2.24) is 0 Å². The lowest BCUT2D eigenvalue weighted by molar-refractivity contribution is 0.241. The van der Waals surface area contributed by atoms with Gasteiger partial charge in [-0.25, -0.2) is 4.79 Å². The molecule has 0 aromatic heterocycles. The molecule has 0 saturated carbocycles. The van der Waals surface area contributed by atoms with E-state index in [0.717, 1.165) is 0 Å². The minimum atomic E-state index is -1.62. The van der Waals surface area contributed by atoms with Gasteiger partial charge in [-0.05, 0) is 17.6 Å². The zero-order valence-corrected chi connectivity index (χ0v) is 7.09. The van der Waals surface area contributed by atoms with E-state index in [0.29, 0.717) is 0 Å². The molecule has 0 unspecified atom stereocenters. The lowest BCUT2D eigenvalue weighted by atomic mass is 9.80. The van der Waals surface area contributed by atoms with Gasteiger partial charge in [-0.2, -0.15) is 0 Å². The lowest BCUT2D eigenvalue weighted by Crippen LogP contribution is -2.31. The molecule has 5 nitrogen and oxygen atoms in total. The number of nitrogens with two attached hydrogens (primary N) is 1. The molecule has 0 radical (unpaired) electrons. The molecule has 0 aliphatic carbocycles. The highest BCUT2D eigenvalue weighted by Crippen LogP contribution is 2.11. The summed E-state index contributed by atoms with van der Waals surface area (Å²) in [6.45, 7) is 0. The summed E-state index contributed by atoms with van der Waals surface area (Å²) in [5.41, 5.74) is 4.81. The Morgan fingerprint density at radius 3 is 2.21 bits per heavy atom. The van der Waals surface area contributed by atoms with Crippen molar-refractivity contribution in [2.45, 2.75) is 0 Å². The van der Waals surface area contributed by atoms with Crippen LogP contribution in [0, 0.1) is 0 Å². The summed E-state index contributed by atoms with van der Waals surface area (Å²) < 4.78 is 12.8. The summed E-state index contributed by atoms with van der Waals surface area (Å²) >= 11 is 0. The first-order valence-electron chi connectivity index (χ1n) is 3.74. The van der Waals surface area contributed by atoms with Gasteiger partial charge in [0.2, 0.25) is 0 Å². The third-order valence-electron chi connectivity index (χ3n) is 1.61. The van der Waals surface area contributed by atoms with Gasteiger partial charge >= 0.3 is 13.1 Å². The Morgan fingerprint density at radius 1 is 1.36 bits per heavy atom. The van der Waals surface area contributed by atoms with E-state index in [9.17, 15) is 9.28 Å². The zero-order chi connectivity index (χ0) is 10.7. The molecule has 1 rings (SSSR count). The Balaban J connectivity index is 2.88. The number of rotatable bonds is 2. The van der Waals surface area contributed by atoms with E-state index in [4.69, 9.17) is 10.0 Å². The van der Waals surface area contributed by atoms with Crippen LogP contribution in [-0.2, 0) is 0 Å². The van der Waals surface area contributed by atoms with E-state index in [2.05, 4.69) is 5.73 Å². The van der Waals surface area contributed by atoms with Crippen molar-refractivity contribution in [3.8, 4) is 0 Å². The van der Waals surface area contributed by atoms with Gasteiger partial charge in [-0.3, -0.25) is 0 Å². The number of carbonyl (C=O) groups excluding carboxylic acids is 1. The molecule has 0 atom stereocenters. The van der Waals surface area contributed by atoms with Gasteiger partial charge in [0.05, 0.1) is 5.69 Å². The fourth-order valence-electron chi connectivity index (χ4n) is 0.905. The van der Waals surface area contributed by atoms with E-state index < -0.39 is 13.1 Å². The van der Waals surface area contributed by atoms with Crippen LogP contribution in [0.1, 0.15) is 0 Å². The van der Waals surface area contributed by atoms with Crippen LogP contribution in [0.3, 0.4) is 0 Å². The monoisotopic (exact) mass is 198 g/mol. The molecule has 2 amide bonds. The van der Waals surface area contributed by atoms with Crippen molar-refractivity contribution in [1.29, 1.82) is 0 Å². The van der Waals surface area contributed by atoms with Crippen LogP contribution in [0.25, 0.3) is 0 Å². The number of urea groups is 1. The maximum atomic E-state index is 12.8. The molecule has 74 valence electrons. The minimum Gasteiger partial charge on any atom is -0.423 e. The lowest BCUT2D eigenvalue weighted by Gasteiger charge is -2.08. The first-order valence-corrected chi connectivity index (χ1v) is 3.74. The van der Waals surface area contributed by atoms with Gasteiger partial charge in [-0.1, -0.05) is 16.6 Å². The molecule has 0 heterocycles. The summed E-state index contributed by atoms with van der Waals surface area (Å²) in [4.78, 5) is 10.4. The highest BCUT2D eigenvalue weighted by Gasteiger charge is 2.14. The van der Waals surface area contributed by atoms with Crippen LogP contribution >= 0.6 is 0 Å². The first-order chi connectivity index (χ1) is 6.52. The number of amides is 2. The van der Waals surface area contributed by atoms with Crippen molar-refractivity contribution in [3.63, 3.8) is 0 Å². The van der Waals surface area contributed by atoms with E-state index in [-0.39, 0.29) is 16.3 Å². The normalized spacial score (nSPS) is 9.64. The standard InChI is InChI=1S/C7H8BFN2O3/c9-11(7(10)12)6-3-1-5(2-4-6)8(13)14/h1-4,13-14H,(H2,10,12). The highest BCUT2D eigenvalue weighted by molar-refractivity contribution is 6.58. The number of primary amides is 1. The quantitative estimate of drug-likeness (QED) is 0.426. The second-order valence-electron chi connectivity index (χ2n) is 2.58. The molecule has 0 aliphatic heterocycles. The van der Waals surface area contributed by atoms with Crippen molar-refractivity contribution in [3.05, 3.63) is 24.3 Å². The fraction of sp³-hybridized carbons (Fsp3) is 0. The maximum absolute atomic E-state index is 12.8. The molecule has 0 saturated heterocycles.